The van der Waals surface area contributed by atoms with E-state index >= 15 is 0 Å². The normalized spacial score (nSPS) is 11.6. The first-order valence-electron chi connectivity index (χ1n) is 8.60. The van der Waals surface area contributed by atoms with Crippen LogP contribution in [0.25, 0.3) is 10.9 Å². The van der Waals surface area contributed by atoms with E-state index in [1.54, 1.807) is 48.5 Å². The SMILES string of the molecule is CC(=O)c1ccc(NC(=O)C(C)OC(=O)c2cc(=O)[nH]c3ccccc23)cc1. The van der Waals surface area contributed by atoms with E-state index in [1.807, 2.05) is 0 Å². The van der Waals surface area contributed by atoms with Crippen LogP contribution in [0.5, 0.6) is 0 Å². The fourth-order valence-corrected chi connectivity index (χ4v) is 2.68. The third kappa shape index (κ3) is 4.15. The minimum atomic E-state index is -1.09. The average molecular weight is 378 g/mol. The topological polar surface area (TPSA) is 105 Å². The maximum absolute atomic E-state index is 12.5. The molecule has 0 radical (unpaired) electrons. The van der Waals surface area contributed by atoms with Crippen LogP contribution >= 0.6 is 0 Å². The zero-order valence-corrected chi connectivity index (χ0v) is 15.3. The number of Topliss-reactive ketones (excluding diaryl/α,β-unsaturated/α-hetero) is 1. The Bertz CT molecular complexity index is 1120. The Morgan fingerprint density at radius 2 is 1.71 bits per heavy atom. The van der Waals surface area contributed by atoms with Crippen LogP contribution in [0.3, 0.4) is 0 Å². The molecule has 1 amide bonds. The summed E-state index contributed by atoms with van der Waals surface area (Å²) in [5.74, 6) is -1.37. The number of fused-ring (bicyclic) bond motifs is 1. The Balaban J connectivity index is 1.73. The lowest BCUT2D eigenvalue weighted by molar-refractivity contribution is -0.123. The van der Waals surface area contributed by atoms with Crippen LogP contribution in [-0.2, 0) is 9.53 Å². The fourth-order valence-electron chi connectivity index (χ4n) is 2.68. The minimum absolute atomic E-state index is 0.0785. The first-order chi connectivity index (χ1) is 13.3. The van der Waals surface area contributed by atoms with Gasteiger partial charge in [-0.05, 0) is 44.2 Å². The van der Waals surface area contributed by atoms with Crippen molar-refractivity contribution in [2.24, 2.45) is 0 Å². The number of amides is 1. The van der Waals surface area contributed by atoms with Gasteiger partial charge in [-0.2, -0.15) is 0 Å². The summed E-state index contributed by atoms with van der Waals surface area (Å²) in [7, 11) is 0. The number of anilines is 1. The van der Waals surface area contributed by atoms with Gasteiger partial charge in [0.25, 0.3) is 5.91 Å². The van der Waals surface area contributed by atoms with Crippen LogP contribution in [0.1, 0.15) is 34.6 Å². The molecule has 0 saturated heterocycles. The number of H-pyrrole nitrogens is 1. The molecule has 0 saturated carbocycles. The van der Waals surface area contributed by atoms with Gasteiger partial charge in [0.15, 0.2) is 11.9 Å². The van der Waals surface area contributed by atoms with Gasteiger partial charge in [-0.3, -0.25) is 14.4 Å². The van der Waals surface area contributed by atoms with Crippen molar-refractivity contribution >= 4 is 34.3 Å². The predicted molar refractivity (Wildman–Crippen MR) is 105 cm³/mol. The first kappa shape index (κ1) is 19.0. The second-order valence-corrected chi connectivity index (χ2v) is 6.26. The van der Waals surface area contributed by atoms with E-state index in [4.69, 9.17) is 4.74 Å². The van der Waals surface area contributed by atoms with Crippen molar-refractivity contribution in [1.29, 1.82) is 0 Å². The summed E-state index contributed by atoms with van der Waals surface area (Å²) < 4.78 is 5.24. The molecule has 0 aliphatic heterocycles. The number of ether oxygens (including phenoxy) is 1. The molecule has 0 bridgehead atoms. The second-order valence-electron chi connectivity index (χ2n) is 6.26. The maximum Gasteiger partial charge on any atom is 0.339 e. The van der Waals surface area contributed by atoms with Crippen LogP contribution in [0.2, 0.25) is 0 Å². The van der Waals surface area contributed by atoms with Crippen molar-refractivity contribution in [3.05, 3.63) is 76.1 Å². The first-order valence-corrected chi connectivity index (χ1v) is 8.60. The molecule has 1 unspecified atom stereocenters. The van der Waals surface area contributed by atoms with E-state index in [1.165, 1.54) is 13.8 Å². The standard InChI is InChI=1S/C21H18N2O5/c1-12(24)14-7-9-15(10-8-14)22-20(26)13(2)28-21(27)17-11-19(25)23-18-6-4-3-5-16(17)18/h3-11,13H,1-2H3,(H,22,26)(H,23,25). The summed E-state index contributed by atoms with van der Waals surface area (Å²) in [5, 5.41) is 3.15. The summed E-state index contributed by atoms with van der Waals surface area (Å²) in [6, 6.07) is 14.3. The Morgan fingerprint density at radius 3 is 2.39 bits per heavy atom. The summed E-state index contributed by atoms with van der Waals surface area (Å²) >= 11 is 0. The number of esters is 1. The number of rotatable bonds is 5. The predicted octanol–water partition coefficient (Wildman–Crippen LogP) is 2.91. The van der Waals surface area contributed by atoms with E-state index in [0.717, 1.165) is 6.07 Å². The average Bonchev–Trinajstić information content (AvgIpc) is 2.67. The van der Waals surface area contributed by atoms with Gasteiger partial charge in [0.2, 0.25) is 5.56 Å². The lowest BCUT2D eigenvalue weighted by atomic mass is 10.1. The van der Waals surface area contributed by atoms with Crippen molar-refractivity contribution in [3.8, 4) is 0 Å². The van der Waals surface area contributed by atoms with Crippen LogP contribution < -0.4 is 10.9 Å². The summed E-state index contributed by atoms with van der Waals surface area (Å²) in [6.07, 6.45) is -1.09. The molecular formula is C21H18N2O5. The number of carbonyl (C=O) groups is 3. The second kappa shape index (κ2) is 7.87. The molecule has 0 aliphatic carbocycles. The molecule has 1 atom stereocenters. The molecule has 0 aliphatic rings. The summed E-state index contributed by atoms with van der Waals surface area (Å²) in [5.41, 5.74) is 1.15. The van der Waals surface area contributed by atoms with Gasteiger partial charge in [-0.25, -0.2) is 4.79 Å². The minimum Gasteiger partial charge on any atom is -0.449 e. The number of aromatic nitrogens is 1. The largest absolute Gasteiger partial charge is 0.449 e. The number of carbonyl (C=O) groups excluding carboxylic acids is 3. The van der Waals surface area contributed by atoms with Gasteiger partial charge < -0.3 is 15.0 Å². The molecule has 3 rings (SSSR count). The van der Waals surface area contributed by atoms with Crippen molar-refractivity contribution in [2.75, 3.05) is 5.32 Å². The van der Waals surface area contributed by atoms with Crippen molar-refractivity contribution < 1.29 is 19.1 Å². The van der Waals surface area contributed by atoms with Gasteiger partial charge in [-0.1, -0.05) is 18.2 Å². The third-order valence-electron chi connectivity index (χ3n) is 4.18. The number of pyridine rings is 1. The van der Waals surface area contributed by atoms with Gasteiger partial charge in [0, 0.05) is 28.2 Å². The number of nitrogens with one attached hydrogen (secondary N) is 2. The highest BCUT2D eigenvalue weighted by Gasteiger charge is 2.21. The highest BCUT2D eigenvalue weighted by Crippen LogP contribution is 2.17. The highest BCUT2D eigenvalue weighted by atomic mass is 16.5. The smallest absolute Gasteiger partial charge is 0.339 e. The van der Waals surface area contributed by atoms with Crippen LogP contribution in [0.4, 0.5) is 5.69 Å². The van der Waals surface area contributed by atoms with E-state index < -0.39 is 23.5 Å². The van der Waals surface area contributed by atoms with Crippen molar-refractivity contribution in [1.82, 2.24) is 4.98 Å². The molecule has 0 fully saturated rings. The molecule has 2 aromatic carbocycles. The Labute approximate surface area is 160 Å². The van der Waals surface area contributed by atoms with Gasteiger partial charge in [0.05, 0.1) is 5.56 Å². The number of ketones is 1. The lowest BCUT2D eigenvalue weighted by Gasteiger charge is -2.14. The zero-order chi connectivity index (χ0) is 20.3. The fraction of sp³-hybridized carbons (Fsp3) is 0.143. The summed E-state index contributed by atoms with van der Waals surface area (Å²) in [4.78, 5) is 50.5. The highest BCUT2D eigenvalue weighted by molar-refractivity contribution is 6.04. The molecule has 7 nitrogen and oxygen atoms in total. The van der Waals surface area contributed by atoms with Gasteiger partial charge in [0.1, 0.15) is 0 Å². The number of aromatic amines is 1. The van der Waals surface area contributed by atoms with Crippen LogP contribution in [-0.4, -0.2) is 28.7 Å². The molecule has 28 heavy (non-hydrogen) atoms. The van der Waals surface area contributed by atoms with Crippen molar-refractivity contribution in [2.45, 2.75) is 20.0 Å². The van der Waals surface area contributed by atoms with Crippen LogP contribution in [0, 0.1) is 0 Å². The van der Waals surface area contributed by atoms with E-state index in [2.05, 4.69) is 10.3 Å². The zero-order valence-electron chi connectivity index (χ0n) is 15.3. The maximum atomic E-state index is 12.5. The van der Waals surface area contributed by atoms with Crippen molar-refractivity contribution in [3.63, 3.8) is 0 Å². The molecule has 142 valence electrons. The molecule has 3 aromatic rings. The monoisotopic (exact) mass is 378 g/mol. The Kier molecular flexibility index (Phi) is 5.35. The lowest BCUT2D eigenvalue weighted by Crippen LogP contribution is -2.30. The van der Waals surface area contributed by atoms with E-state index in [0.29, 0.717) is 22.2 Å². The van der Waals surface area contributed by atoms with Gasteiger partial charge >= 0.3 is 5.97 Å². The number of benzene rings is 2. The number of hydrogen-bond acceptors (Lipinski definition) is 5. The summed E-state index contributed by atoms with van der Waals surface area (Å²) in [6.45, 7) is 2.89. The molecular weight excluding hydrogens is 360 g/mol. The van der Waals surface area contributed by atoms with E-state index in [-0.39, 0.29) is 11.3 Å². The Hall–Kier alpha value is -3.74. The molecule has 1 heterocycles. The molecule has 7 heteroatoms. The quantitative estimate of drug-likeness (QED) is 0.525. The van der Waals surface area contributed by atoms with Crippen LogP contribution in [0.15, 0.2) is 59.4 Å². The van der Waals surface area contributed by atoms with Gasteiger partial charge in [-0.15, -0.1) is 0 Å². The molecule has 2 N–H and O–H groups in total. The number of para-hydroxylation sites is 1. The van der Waals surface area contributed by atoms with E-state index in [9.17, 15) is 19.2 Å². The third-order valence-corrected chi connectivity index (χ3v) is 4.18. The Morgan fingerprint density at radius 1 is 1.04 bits per heavy atom. The molecule has 1 aromatic heterocycles. The number of hydrogen-bond donors (Lipinski definition) is 2. The molecule has 0 spiro atoms.